The molecule has 1 saturated heterocycles. The number of aliphatic imine (C=N–C) groups is 1. The van der Waals surface area contributed by atoms with Gasteiger partial charge in [0.05, 0.1) is 30.1 Å². The number of imidazole rings is 1. The smallest absolute Gasteiger partial charge is 0.191 e. The minimum Gasteiger partial charge on any atom is -0.379 e. The Morgan fingerprint density at radius 2 is 1.97 bits per heavy atom. The van der Waals surface area contributed by atoms with Crippen molar-refractivity contribution in [2.75, 3.05) is 33.4 Å². The average Bonchev–Trinajstić information content (AvgIpc) is 3.49. The van der Waals surface area contributed by atoms with Crippen LogP contribution in [0.1, 0.15) is 30.4 Å². The Labute approximate surface area is 213 Å². The first-order chi connectivity index (χ1) is 15.8. The molecule has 8 heteroatoms. The van der Waals surface area contributed by atoms with Crippen LogP contribution in [0.5, 0.6) is 0 Å². The van der Waals surface area contributed by atoms with Crippen LogP contribution in [0.2, 0.25) is 0 Å². The van der Waals surface area contributed by atoms with Crippen molar-refractivity contribution in [1.82, 2.24) is 20.2 Å². The standard InChI is InChI=1S/C25H33N5O2.HI/c1-26-25(27-13-5-14-31-18-22-6-4-15-32-22)28-16-20-9-11-21(12-10-20)17-30-19-29-23-7-2-3-8-24(23)30;/h2-3,7-12,19,22H,4-6,13-18H2,1H3,(H2,26,27,28);1H. The Hall–Kier alpha value is -2.17. The second-order valence-corrected chi connectivity index (χ2v) is 8.09. The summed E-state index contributed by atoms with van der Waals surface area (Å²) in [4.78, 5) is 8.77. The number of nitrogens with one attached hydrogen (secondary N) is 2. The Morgan fingerprint density at radius 1 is 1.15 bits per heavy atom. The third kappa shape index (κ3) is 7.68. The van der Waals surface area contributed by atoms with E-state index in [1.165, 1.54) is 11.1 Å². The van der Waals surface area contributed by atoms with Crippen LogP contribution in [-0.2, 0) is 22.6 Å². The number of nitrogens with zero attached hydrogens (tertiary/aromatic N) is 3. The molecule has 178 valence electrons. The van der Waals surface area contributed by atoms with Crippen LogP contribution in [-0.4, -0.2) is 55.0 Å². The van der Waals surface area contributed by atoms with Gasteiger partial charge in [-0.2, -0.15) is 0 Å². The number of rotatable bonds is 10. The molecule has 2 N–H and O–H groups in total. The number of benzene rings is 2. The molecule has 1 atom stereocenters. The van der Waals surface area contributed by atoms with E-state index >= 15 is 0 Å². The highest BCUT2D eigenvalue weighted by Gasteiger charge is 2.14. The normalized spacial score (nSPS) is 16.0. The van der Waals surface area contributed by atoms with Gasteiger partial charge >= 0.3 is 0 Å². The Kier molecular flexibility index (Phi) is 10.4. The van der Waals surface area contributed by atoms with Crippen molar-refractivity contribution in [3.63, 3.8) is 0 Å². The number of aromatic nitrogens is 2. The maximum absolute atomic E-state index is 5.70. The van der Waals surface area contributed by atoms with Crippen LogP contribution in [0.25, 0.3) is 11.0 Å². The average molecular weight is 563 g/mol. The van der Waals surface area contributed by atoms with Crippen LogP contribution in [0, 0.1) is 0 Å². The molecule has 4 rings (SSSR count). The van der Waals surface area contributed by atoms with Crippen LogP contribution < -0.4 is 10.6 Å². The number of guanidine groups is 1. The maximum Gasteiger partial charge on any atom is 0.191 e. The topological polar surface area (TPSA) is 72.7 Å². The Morgan fingerprint density at radius 3 is 2.76 bits per heavy atom. The first-order valence-corrected chi connectivity index (χ1v) is 11.4. The van der Waals surface area contributed by atoms with E-state index in [4.69, 9.17) is 9.47 Å². The molecule has 0 aliphatic carbocycles. The van der Waals surface area contributed by atoms with Gasteiger partial charge in [0.2, 0.25) is 0 Å². The molecule has 1 aromatic heterocycles. The van der Waals surface area contributed by atoms with Crippen LogP contribution >= 0.6 is 24.0 Å². The van der Waals surface area contributed by atoms with E-state index in [0.29, 0.717) is 12.7 Å². The molecule has 0 amide bonds. The molecule has 0 radical (unpaired) electrons. The molecule has 1 aliphatic heterocycles. The number of halogens is 1. The summed E-state index contributed by atoms with van der Waals surface area (Å²) < 4.78 is 13.4. The van der Waals surface area contributed by atoms with E-state index in [0.717, 1.165) is 69.1 Å². The van der Waals surface area contributed by atoms with Gasteiger partial charge in [-0.1, -0.05) is 36.4 Å². The first-order valence-electron chi connectivity index (χ1n) is 11.4. The predicted molar refractivity (Wildman–Crippen MR) is 143 cm³/mol. The van der Waals surface area contributed by atoms with E-state index < -0.39 is 0 Å². The van der Waals surface area contributed by atoms with Gasteiger partial charge in [0.25, 0.3) is 0 Å². The molecular weight excluding hydrogens is 529 g/mol. The fourth-order valence-electron chi connectivity index (χ4n) is 3.87. The lowest BCUT2D eigenvalue weighted by atomic mass is 10.1. The highest BCUT2D eigenvalue weighted by atomic mass is 127. The van der Waals surface area contributed by atoms with Gasteiger partial charge in [0.1, 0.15) is 0 Å². The molecule has 2 heterocycles. The minimum absolute atomic E-state index is 0. The molecule has 1 unspecified atom stereocenters. The van der Waals surface area contributed by atoms with Gasteiger partial charge in [0.15, 0.2) is 5.96 Å². The lowest BCUT2D eigenvalue weighted by molar-refractivity contribution is 0.0168. The summed E-state index contributed by atoms with van der Waals surface area (Å²) in [6.07, 6.45) is 5.41. The van der Waals surface area contributed by atoms with Crippen LogP contribution in [0.3, 0.4) is 0 Å². The predicted octanol–water partition coefficient (Wildman–Crippen LogP) is 3.95. The SMILES string of the molecule is CN=C(NCCCOCC1CCCO1)NCc1ccc(Cn2cnc3ccccc32)cc1.I. The van der Waals surface area contributed by atoms with E-state index in [9.17, 15) is 0 Å². The van der Waals surface area contributed by atoms with E-state index in [-0.39, 0.29) is 24.0 Å². The largest absolute Gasteiger partial charge is 0.379 e. The summed E-state index contributed by atoms with van der Waals surface area (Å²) in [7, 11) is 1.79. The zero-order valence-electron chi connectivity index (χ0n) is 19.2. The molecule has 0 saturated carbocycles. The number of ether oxygens (including phenoxy) is 2. The quantitative estimate of drug-likeness (QED) is 0.169. The zero-order chi connectivity index (χ0) is 22.0. The molecule has 0 bridgehead atoms. The van der Waals surface area contributed by atoms with Gasteiger partial charge < -0.3 is 24.7 Å². The number of hydrogen-bond donors (Lipinski definition) is 2. The molecular formula is C25H34IN5O2. The Bertz CT molecular complexity index is 999. The van der Waals surface area contributed by atoms with Crippen molar-refractivity contribution < 1.29 is 9.47 Å². The summed E-state index contributed by atoms with van der Waals surface area (Å²) in [6, 6.07) is 16.9. The third-order valence-corrected chi connectivity index (χ3v) is 5.67. The number of para-hydroxylation sites is 2. The second-order valence-electron chi connectivity index (χ2n) is 8.09. The minimum atomic E-state index is 0. The van der Waals surface area contributed by atoms with Gasteiger partial charge in [-0.25, -0.2) is 4.98 Å². The Balaban J connectivity index is 0.00000306. The van der Waals surface area contributed by atoms with E-state index in [1.54, 1.807) is 7.05 Å². The van der Waals surface area contributed by atoms with Crippen molar-refractivity contribution in [3.05, 3.63) is 66.0 Å². The fourth-order valence-corrected chi connectivity index (χ4v) is 3.87. The summed E-state index contributed by atoms with van der Waals surface area (Å²) >= 11 is 0. The summed E-state index contributed by atoms with van der Waals surface area (Å²) in [6.45, 7) is 4.68. The van der Waals surface area contributed by atoms with Crippen LogP contribution in [0.4, 0.5) is 0 Å². The highest BCUT2D eigenvalue weighted by Crippen LogP contribution is 2.15. The lowest BCUT2D eigenvalue weighted by Crippen LogP contribution is -2.37. The van der Waals surface area contributed by atoms with Gasteiger partial charge in [-0.15, -0.1) is 24.0 Å². The zero-order valence-corrected chi connectivity index (χ0v) is 21.5. The fraction of sp³-hybridized carbons (Fsp3) is 0.440. The van der Waals surface area contributed by atoms with Crippen molar-refractivity contribution in [3.8, 4) is 0 Å². The van der Waals surface area contributed by atoms with Crippen molar-refractivity contribution >= 4 is 41.0 Å². The second kappa shape index (κ2) is 13.5. The number of fused-ring (bicyclic) bond motifs is 1. The number of hydrogen-bond acceptors (Lipinski definition) is 4. The molecule has 1 aliphatic rings. The van der Waals surface area contributed by atoms with Crippen molar-refractivity contribution in [2.24, 2.45) is 4.99 Å². The first kappa shape index (κ1) is 25.5. The monoisotopic (exact) mass is 563 g/mol. The van der Waals surface area contributed by atoms with Crippen molar-refractivity contribution in [1.29, 1.82) is 0 Å². The molecule has 7 nitrogen and oxygen atoms in total. The highest BCUT2D eigenvalue weighted by molar-refractivity contribution is 14.0. The van der Waals surface area contributed by atoms with E-state index in [2.05, 4.69) is 61.6 Å². The van der Waals surface area contributed by atoms with E-state index in [1.807, 2.05) is 18.5 Å². The summed E-state index contributed by atoms with van der Waals surface area (Å²) in [5, 5.41) is 6.72. The van der Waals surface area contributed by atoms with Gasteiger partial charge in [-0.3, -0.25) is 4.99 Å². The molecule has 1 fully saturated rings. The summed E-state index contributed by atoms with van der Waals surface area (Å²) in [5.74, 6) is 0.804. The molecule has 33 heavy (non-hydrogen) atoms. The molecule has 2 aromatic carbocycles. The molecule has 3 aromatic rings. The van der Waals surface area contributed by atoms with Crippen LogP contribution in [0.15, 0.2) is 59.9 Å². The summed E-state index contributed by atoms with van der Waals surface area (Å²) in [5.41, 5.74) is 4.65. The molecule has 0 spiro atoms. The maximum atomic E-state index is 5.70. The third-order valence-electron chi connectivity index (χ3n) is 5.67. The van der Waals surface area contributed by atoms with Gasteiger partial charge in [0, 0.05) is 39.9 Å². The van der Waals surface area contributed by atoms with Crippen molar-refractivity contribution in [2.45, 2.75) is 38.5 Å². The lowest BCUT2D eigenvalue weighted by Gasteiger charge is -2.13. The van der Waals surface area contributed by atoms with Gasteiger partial charge in [-0.05, 0) is 42.5 Å².